The number of nitrogens with zero attached hydrogens (tertiary/aromatic N) is 9. The van der Waals surface area contributed by atoms with Crippen LogP contribution in [0.25, 0.3) is 27.9 Å². The lowest BCUT2D eigenvalue weighted by Crippen LogP contribution is -2.44. The Morgan fingerprint density at radius 2 is 1.93 bits per heavy atom. The number of piperidine rings is 1. The largest absolute Gasteiger partial charge is 0.474 e. The van der Waals surface area contributed by atoms with E-state index in [4.69, 9.17) is 19.4 Å². The van der Waals surface area contributed by atoms with Crippen LogP contribution in [0.3, 0.4) is 0 Å². The van der Waals surface area contributed by atoms with Crippen molar-refractivity contribution in [1.82, 2.24) is 44.2 Å². The quantitative estimate of drug-likeness (QED) is 0.233. The number of benzene rings is 1. The summed E-state index contributed by atoms with van der Waals surface area (Å²) in [4.78, 5) is 41.5. The summed E-state index contributed by atoms with van der Waals surface area (Å²) in [6, 6.07) is 11.3. The Morgan fingerprint density at radius 3 is 2.65 bits per heavy atom. The van der Waals surface area contributed by atoms with Crippen LogP contribution in [0.1, 0.15) is 53.5 Å². The number of carbonyl (C=O) groups excluding carboxylic acids is 1. The van der Waals surface area contributed by atoms with Gasteiger partial charge in [-0.25, -0.2) is 23.8 Å². The maximum absolute atomic E-state index is 13.4. The molecule has 240 valence electrons. The first-order chi connectivity index (χ1) is 22.0. The molecule has 1 saturated heterocycles. The van der Waals surface area contributed by atoms with Crippen molar-refractivity contribution in [2.75, 3.05) is 18.4 Å². The summed E-state index contributed by atoms with van der Waals surface area (Å²) in [5, 5.41) is 12.1. The highest BCUT2D eigenvalue weighted by Crippen LogP contribution is 2.24. The first kappa shape index (κ1) is 30.7. The van der Waals surface area contributed by atoms with Gasteiger partial charge in [0.05, 0.1) is 12.1 Å². The van der Waals surface area contributed by atoms with Gasteiger partial charge in [0.2, 0.25) is 11.8 Å². The Morgan fingerprint density at radius 1 is 1.15 bits per heavy atom. The second-order valence-corrected chi connectivity index (χ2v) is 12.5. The Bertz CT molecular complexity index is 1960. The zero-order valence-corrected chi connectivity index (χ0v) is 26.7. The molecule has 5 heterocycles. The molecule has 46 heavy (non-hydrogen) atoms. The van der Waals surface area contributed by atoms with Gasteiger partial charge in [-0.15, -0.1) is 11.7 Å². The lowest BCUT2D eigenvalue weighted by atomic mass is 10.1. The van der Waals surface area contributed by atoms with Crippen molar-refractivity contribution in [3.8, 4) is 11.7 Å². The number of allylic oxidation sites excluding steroid dienone is 1. The molecule has 1 aromatic carbocycles. The first-order valence-electron chi connectivity index (χ1n) is 15.3. The molecule has 0 saturated carbocycles. The van der Waals surface area contributed by atoms with Gasteiger partial charge in [-0.3, -0.25) is 4.79 Å². The first-order valence-corrected chi connectivity index (χ1v) is 15.3. The van der Waals surface area contributed by atoms with Crippen molar-refractivity contribution in [3.63, 3.8) is 0 Å². The zero-order valence-electron chi connectivity index (χ0n) is 26.7. The number of rotatable bonds is 8. The van der Waals surface area contributed by atoms with Crippen LogP contribution in [0.4, 0.5) is 16.4 Å². The SMILES string of the molecule is C=CCn1c(=O)c2cnc(Nc3ccc4c(c3)nnn4C(C)C)nc2n1-c1cccc(OC2CCN(C(=O)OC(C)(C)C)CC2)n1. The average molecular weight is 627 g/mol. The van der Waals surface area contributed by atoms with Gasteiger partial charge in [0.25, 0.3) is 5.56 Å². The predicted octanol–water partition coefficient (Wildman–Crippen LogP) is 5.01. The van der Waals surface area contributed by atoms with Crippen molar-refractivity contribution in [3.05, 3.63) is 65.6 Å². The van der Waals surface area contributed by atoms with Crippen LogP contribution in [-0.4, -0.2) is 75.1 Å². The third-order valence-corrected chi connectivity index (χ3v) is 7.50. The normalized spacial score (nSPS) is 14.3. The van der Waals surface area contributed by atoms with E-state index in [1.54, 1.807) is 27.8 Å². The molecule has 0 spiro atoms. The zero-order chi connectivity index (χ0) is 32.6. The molecule has 1 aliphatic heterocycles. The Balaban J connectivity index is 1.26. The fourth-order valence-electron chi connectivity index (χ4n) is 5.38. The summed E-state index contributed by atoms with van der Waals surface area (Å²) in [5.74, 6) is 1.16. The van der Waals surface area contributed by atoms with Gasteiger partial charge in [-0.2, -0.15) is 9.97 Å². The van der Waals surface area contributed by atoms with E-state index < -0.39 is 5.60 Å². The number of ether oxygens (including phenoxy) is 2. The van der Waals surface area contributed by atoms with E-state index in [9.17, 15) is 9.59 Å². The number of pyridine rings is 1. The van der Waals surface area contributed by atoms with E-state index in [1.165, 1.54) is 10.9 Å². The Hall–Kier alpha value is -5.27. The minimum atomic E-state index is -0.546. The molecule has 0 unspecified atom stereocenters. The minimum absolute atomic E-state index is 0.129. The van der Waals surface area contributed by atoms with Gasteiger partial charge < -0.3 is 19.7 Å². The van der Waals surface area contributed by atoms with Crippen LogP contribution >= 0.6 is 0 Å². The van der Waals surface area contributed by atoms with Crippen LogP contribution in [0.15, 0.2) is 60.0 Å². The van der Waals surface area contributed by atoms with E-state index in [0.717, 1.165) is 16.7 Å². The number of carbonyl (C=O) groups is 1. The topological polar surface area (TPSA) is 147 Å². The summed E-state index contributed by atoms with van der Waals surface area (Å²) >= 11 is 0. The minimum Gasteiger partial charge on any atom is -0.474 e. The van der Waals surface area contributed by atoms with E-state index >= 15 is 0 Å². The second kappa shape index (κ2) is 12.3. The lowest BCUT2D eigenvalue weighted by Gasteiger charge is -2.33. The van der Waals surface area contributed by atoms with Crippen molar-refractivity contribution in [2.45, 2.75) is 71.8 Å². The number of hydrogen-bond donors (Lipinski definition) is 1. The molecule has 0 radical (unpaired) electrons. The summed E-state index contributed by atoms with van der Waals surface area (Å²) in [6.45, 7) is 14.8. The number of anilines is 2. The molecule has 6 rings (SSSR count). The molecule has 4 aromatic heterocycles. The monoisotopic (exact) mass is 626 g/mol. The lowest BCUT2D eigenvalue weighted by molar-refractivity contribution is 0.0123. The summed E-state index contributed by atoms with van der Waals surface area (Å²) < 4.78 is 16.8. The van der Waals surface area contributed by atoms with Crippen molar-refractivity contribution < 1.29 is 14.3 Å². The maximum atomic E-state index is 13.4. The standard InChI is InChI=1S/C32H38N10O4/c1-7-15-40-29(43)23-19-33-30(34-21-11-12-25-24(18-21)37-38-41(25)20(2)3)36-28(23)42(40)26-9-8-10-27(35-26)45-22-13-16-39(17-14-22)31(44)46-32(4,5)6/h7-12,18-20,22H,1,13-17H2,2-6H3,(H,33,34,36). The molecule has 14 nitrogen and oxygen atoms in total. The van der Waals surface area contributed by atoms with E-state index in [0.29, 0.717) is 54.6 Å². The third kappa shape index (κ3) is 6.28. The van der Waals surface area contributed by atoms with E-state index in [-0.39, 0.29) is 30.3 Å². The van der Waals surface area contributed by atoms with Gasteiger partial charge >= 0.3 is 6.09 Å². The average Bonchev–Trinajstić information content (AvgIpc) is 3.55. The Kier molecular flexibility index (Phi) is 8.19. The van der Waals surface area contributed by atoms with E-state index in [1.807, 2.05) is 49.7 Å². The maximum Gasteiger partial charge on any atom is 0.410 e. The number of amides is 1. The summed E-state index contributed by atoms with van der Waals surface area (Å²) in [6.07, 6.45) is 3.98. The van der Waals surface area contributed by atoms with Crippen molar-refractivity contribution >= 4 is 39.8 Å². The van der Waals surface area contributed by atoms with E-state index in [2.05, 4.69) is 41.0 Å². The van der Waals surface area contributed by atoms with Crippen LogP contribution < -0.4 is 15.6 Å². The predicted molar refractivity (Wildman–Crippen MR) is 174 cm³/mol. The third-order valence-electron chi connectivity index (χ3n) is 7.50. The fourth-order valence-corrected chi connectivity index (χ4v) is 5.38. The molecule has 1 amide bonds. The number of hydrogen-bond acceptors (Lipinski definition) is 10. The molecule has 0 aliphatic carbocycles. The molecule has 1 N–H and O–H groups in total. The number of likely N-dealkylation sites (tertiary alicyclic amines) is 1. The molecule has 14 heteroatoms. The molecule has 0 bridgehead atoms. The van der Waals surface area contributed by atoms with Crippen molar-refractivity contribution in [1.29, 1.82) is 0 Å². The van der Waals surface area contributed by atoms with Crippen LogP contribution in [0.2, 0.25) is 0 Å². The van der Waals surface area contributed by atoms with Crippen LogP contribution in [0.5, 0.6) is 5.88 Å². The van der Waals surface area contributed by atoms with Gasteiger partial charge in [0.15, 0.2) is 11.5 Å². The molecular weight excluding hydrogens is 588 g/mol. The van der Waals surface area contributed by atoms with Gasteiger partial charge in [-0.05, 0) is 58.9 Å². The van der Waals surface area contributed by atoms with Crippen LogP contribution in [-0.2, 0) is 11.3 Å². The molecule has 0 atom stereocenters. The Labute approximate surface area is 265 Å². The number of aromatic nitrogens is 8. The van der Waals surface area contributed by atoms with Gasteiger partial charge in [0.1, 0.15) is 22.6 Å². The van der Waals surface area contributed by atoms with Gasteiger partial charge in [-0.1, -0.05) is 17.4 Å². The highest BCUT2D eigenvalue weighted by atomic mass is 16.6. The molecule has 1 fully saturated rings. The van der Waals surface area contributed by atoms with Gasteiger partial charge in [0, 0.05) is 49.9 Å². The van der Waals surface area contributed by atoms with Crippen LogP contribution in [0, 0.1) is 0 Å². The number of fused-ring (bicyclic) bond motifs is 2. The molecular formula is C32H38N10O4. The summed E-state index contributed by atoms with van der Waals surface area (Å²) in [7, 11) is 0. The molecule has 1 aliphatic rings. The molecule has 5 aromatic rings. The highest BCUT2D eigenvalue weighted by Gasteiger charge is 2.28. The second-order valence-electron chi connectivity index (χ2n) is 12.5. The highest BCUT2D eigenvalue weighted by molar-refractivity contribution is 5.81. The smallest absolute Gasteiger partial charge is 0.410 e. The summed E-state index contributed by atoms with van der Waals surface area (Å²) in [5.41, 5.74) is 1.96. The fraction of sp³-hybridized carbons (Fsp3) is 0.406. The van der Waals surface area contributed by atoms with Crippen molar-refractivity contribution in [2.24, 2.45) is 0 Å². The number of nitrogens with one attached hydrogen (secondary N) is 1.